The molecule has 1 aliphatic carbocycles. The topological polar surface area (TPSA) is 20.3 Å². The molecule has 3 atom stereocenters. The smallest absolute Gasteiger partial charge is 0.303 e. The van der Waals surface area contributed by atoms with E-state index in [1.54, 1.807) is 24.3 Å². The largest absolute Gasteiger partial charge is 0.392 e. The average molecular weight is 331 g/mol. The second-order valence-corrected chi connectivity index (χ2v) is 6.67. The first kappa shape index (κ1) is 15.2. The molecular formula is C19H16F3NO. The average Bonchev–Trinajstić information content (AvgIpc) is 3.31. The Morgan fingerprint density at radius 1 is 1.08 bits per heavy atom. The van der Waals surface area contributed by atoms with E-state index in [-0.39, 0.29) is 6.42 Å². The number of carbonyl (C=O) groups is 1. The number of amides is 1. The van der Waals surface area contributed by atoms with Crippen molar-refractivity contribution in [3.63, 3.8) is 0 Å². The van der Waals surface area contributed by atoms with Crippen LogP contribution in [0.25, 0.3) is 0 Å². The first-order chi connectivity index (χ1) is 11.4. The summed E-state index contributed by atoms with van der Waals surface area (Å²) in [6, 6.07) is 15.8. The Kier molecular flexibility index (Phi) is 3.08. The maximum Gasteiger partial charge on any atom is 0.392 e. The monoisotopic (exact) mass is 331 g/mol. The van der Waals surface area contributed by atoms with E-state index in [1.807, 2.05) is 37.3 Å². The Morgan fingerprint density at radius 3 is 2.38 bits per heavy atom. The van der Waals surface area contributed by atoms with Gasteiger partial charge in [-0.15, -0.1) is 0 Å². The van der Waals surface area contributed by atoms with Gasteiger partial charge in [-0.1, -0.05) is 48.0 Å². The highest BCUT2D eigenvalue weighted by molar-refractivity contribution is 6.08. The number of aryl methyl sites for hydroxylation is 1. The predicted octanol–water partition coefficient (Wildman–Crippen LogP) is 4.65. The van der Waals surface area contributed by atoms with E-state index in [1.165, 1.54) is 4.90 Å². The normalized spacial score (nSPS) is 28.8. The number of para-hydroxylation sites is 1. The number of alkyl halides is 3. The Morgan fingerprint density at radius 2 is 1.79 bits per heavy atom. The molecular weight excluding hydrogens is 315 g/mol. The van der Waals surface area contributed by atoms with Gasteiger partial charge < -0.3 is 4.90 Å². The van der Waals surface area contributed by atoms with Crippen molar-refractivity contribution < 1.29 is 18.0 Å². The van der Waals surface area contributed by atoms with Gasteiger partial charge in [0.15, 0.2) is 0 Å². The standard InChI is InChI=1S/C19H16F3NO/c1-12-6-5-7-13(10-12)16-18(11-15(18)19(20,21)22)17(24)23(16)14-8-3-2-4-9-14/h2-10,15-16H,11H2,1H3/t15?,16-,18-/m1/s1. The third-order valence-corrected chi connectivity index (χ3v) is 5.15. The molecule has 1 aliphatic heterocycles. The summed E-state index contributed by atoms with van der Waals surface area (Å²) in [5, 5.41) is 0. The number of benzene rings is 2. The molecule has 0 radical (unpaired) electrons. The Hall–Kier alpha value is -2.30. The Labute approximate surface area is 137 Å². The van der Waals surface area contributed by atoms with Gasteiger partial charge in [-0.2, -0.15) is 13.2 Å². The Bertz CT molecular complexity index is 802. The van der Waals surface area contributed by atoms with Crippen LogP contribution in [0.4, 0.5) is 18.9 Å². The highest BCUT2D eigenvalue weighted by Gasteiger charge is 2.81. The fraction of sp³-hybridized carbons (Fsp3) is 0.316. The molecule has 5 heteroatoms. The zero-order valence-corrected chi connectivity index (χ0v) is 13.0. The van der Waals surface area contributed by atoms with Gasteiger partial charge in [-0.25, -0.2) is 0 Å². The van der Waals surface area contributed by atoms with Crippen LogP contribution in [0.15, 0.2) is 54.6 Å². The van der Waals surface area contributed by atoms with Crippen LogP contribution in [0.1, 0.15) is 23.6 Å². The van der Waals surface area contributed by atoms with Crippen LogP contribution in [0.5, 0.6) is 0 Å². The van der Waals surface area contributed by atoms with Crippen LogP contribution in [0, 0.1) is 18.3 Å². The second-order valence-electron chi connectivity index (χ2n) is 6.67. The molecule has 1 saturated heterocycles. The summed E-state index contributed by atoms with van der Waals surface area (Å²) < 4.78 is 39.8. The van der Waals surface area contributed by atoms with E-state index < -0.39 is 29.5 Å². The minimum atomic E-state index is -4.33. The van der Waals surface area contributed by atoms with Crippen molar-refractivity contribution >= 4 is 11.6 Å². The summed E-state index contributed by atoms with van der Waals surface area (Å²) in [5.41, 5.74) is 1.07. The third-order valence-electron chi connectivity index (χ3n) is 5.15. The molecule has 2 fully saturated rings. The fourth-order valence-electron chi connectivity index (χ4n) is 3.99. The molecule has 1 spiro atoms. The number of rotatable bonds is 2. The molecule has 1 saturated carbocycles. The van der Waals surface area contributed by atoms with Crippen LogP contribution in [0.3, 0.4) is 0 Å². The number of carbonyl (C=O) groups excluding carboxylic acids is 1. The van der Waals surface area contributed by atoms with Crippen molar-refractivity contribution in [3.05, 3.63) is 65.7 Å². The summed E-state index contributed by atoms with van der Waals surface area (Å²) in [6.07, 6.45) is -4.45. The van der Waals surface area contributed by atoms with Crippen LogP contribution >= 0.6 is 0 Å². The van der Waals surface area contributed by atoms with Crippen LogP contribution in [-0.2, 0) is 4.79 Å². The number of β-lactam (4-membered cyclic amide) rings is 1. The first-order valence-corrected chi connectivity index (χ1v) is 7.88. The van der Waals surface area contributed by atoms with Gasteiger partial charge in [0.25, 0.3) is 0 Å². The number of anilines is 1. The maximum atomic E-state index is 13.3. The second kappa shape index (κ2) is 4.85. The van der Waals surface area contributed by atoms with Crippen LogP contribution in [0.2, 0.25) is 0 Å². The van der Waals surface area contributed by atoms with Gasteiger partial charge >= 0.3 is 6.18 Å². The molecule has 2 aromatic carbocycles. The van der Waals surface area contributed by atoms with E-state index in [9.17, 15) is 18.0 Å². The van der Waals surface area contributed by atoms with Gasteiger partial charge in [-0.05, 0) is 31.0 Å². The highest BCUT2D eigenvalue weighted by Crippen LogP contribution is 2.73. The van der Waals surface area contributed by atoms with E-state index in [0.29, 0.717) is 5.69 Å². The summed E-state index contributed by atoms with van der Waals surface area (Å²) in [7, 11) is 0. The number of nitrogens with zero attached hydrogens (tertiary/aromatic N) is 1. The SMILES string of the molecule is Cc1cccc([C@H]2N(c3ccccc3)C(=O)[C@@]23CC3C(F)(F)F)c1. The van der Waals surface area contributed by atoms with Crippen molar-refractivity contribution in [1.82, 2.24) is 0 Å². The van der Waals surface area contributed by atoms with Gasteiger partial charge in [0.05, 0.1) is 17.4 Å². The lowest BCUT2D eigenvalue weighted by molar-refractivity contribution is -0.168. The predicted molar refractivity (Wildman–Crippen MR) is 84.4 cm³/mol. The molecule has 1 unspecified atom stereocenters. The lowest BCUT2D eigenvalue weighted by atomic mass is 9.76. The molecule has 2 aromatic rings. The van der Waals surface area contributed by atoms with Gasteiger partial charge in [0, 0.05) is 5.69 Å². The van der Waals surface area contributed by atoms with Crippen LogP contribution in [-0.4, -0.2) is 12.1 Å². The molecule has 1 heterocycles. The first-order valence-electron chi connectivity index (χ1n) is 7.88. The molecule has 24 heavy (non-hydrogen) atoms. The maximum absolute atomic E-state index is 13.3. The zero-order chi connectivity index (χ0) is 17.1. The van der Waals surface area contributed by atoms with Crippen molar-refractivity contribution in [3.8, 4) is 0 Å². The molecule has 0 N–H and O–H groups in total. The molecule has 0 aromatic heterocycles. The molecule has 2 nitrogen and oxygen atoms in total. The highest BCUT2D eigenvalue weighted by atomic mass is 19.4. The number of hydrogen-bond donors (Lipinski definition) is 0. The molecule has 0 bridgehead atoms. The molecule has 4 rings (SSSR count). The van der Waals surface area contributed by atoms with Crippen molar-refractivity contribution in [2.45, 2.75) is 25.6 Å². The molecule has 1 amide bonds. The van der Waals surface area contributed by atoms with Crippen LogP contribution < -0.4 is 4.90 Å². The quantitative estimate of drug-likeness (QED) is 0.734. The van der Waals surface area contributed by atoms with E-state index in [0.717, 1.165) is 11.1 Å². The minimum absolute atomic E-state index is 0.114. The number of hydrogen-bond acceptors (Lipinski definition) is 1. The molecule has 2 aliphatic rings. The summed E-state index contributed by atoms with van der Waals surface area (Å²) >= 11 is 0. The van der Waals surface area contributed by atoms with Gasteiger partial charge in [-0.3, -0.25) is 4.79 Å². The van der Waals surface area contributed by atoms with Crippen molar-refractivity contribution in [2.75, 3.05) is 4.90 Å². The van der Waals surface area contributed by atoms with Gasteiger partial charge in [0.2, 0.25) is 5.91 Å². The Balaban J connectivity index is 1.79. The lowest BCUT2D eigenvalue weighted by Crippen LogP contribution is -2.59. The van der Waals surface area contributed by atoms with E-state index in [4.69, 9.17) is 0 Å². The van der Waals surface area contributed by atoms with Crippen molar-refractivity contribution in [2.24, 2.45) is 11.3 Å². The zero-order valence-electron chi connectivity index (χ0n) is 13.0. The van der Waals surface area contributed by atoms with Gasteiger partial charge in [0.1, 0.15) is 0 Å². The summed E-state index contributed by atoms with van der Waals surface area (Å²) in [4.78, 5) is 14.2. The lowest BCUT2D eigenvalue weighted by Gasteiger charge is -2.49. The number of halogens is 3. The molecule has 124 valence electrons. The van der Waals surface area contributed by atoms with Crippen molar-refractivity contribution in [1.29, 1.82) is 0 Å². The minimum Gasteiger partial charge on any atom is -0.303 e. The fourth-order valence-corrected chi connectivity index (χ4v) is 3.99. The third kappa shape index (κ3) is 2.00. The summed E-state index contributed by atoms with van der Waals surface area (Å²) in [5.74, 6) is -1.95. The van der Waals surface area contributed by atoms with E-state index >= 15 is 0 Å². The summed E-state index contributed by atoms with van der Waals surface area (Å²) in [6.45, 7) is 1.90. The van der Waals surface area contributed by atoms with E-state index in [2.05, 4.69) is 0 Å².